The van der Waals surface area contributed by atoms with Crippen LogP contribution in [0, 0.1) is 13.8 Å². The summed E-state index contributed by atoms with van der Waals surface area (Å²) >= 11 is 0. The van der Waals surface area contributed by atoms with Crippen molar-refractivity contribution in [1.29, 1.82) is 0 Å². The minimum Gasteiger partial charge on any atom is -0.343 e. The van der Waals surface area contributed by atoms with E-state index in [4.69, 9.17) is 0 Å². The van der Waals surface area contributed by atoms with Gasteiger partial charge in [-0.25, -0.2) is 0 Å². The highest BCUT2D eigenvalue weighted by atomic mass is 16.2. The average molecular weight is 246 g/mol. The normalized spacial score (nSPS) is 14.0. The van der Waals surface area contributed by atoms with Gasteiger partial charge in [-0.3, -0.25) is 9.59 Å². The van der Waals surface area contributed by atoms with Crippen molar-refractivity contribution in [2.75, 3.05) is 19.6 Å². The molecule has 0 spiro atoms. The van der Waals surface area contributed by atoms with E-state index in [1.54, 1.807) is 4.90 Å². The molecule has 0 unspecified atom stereocenters. The van der Waals surface area contributed by atoms with Gasteiger partial charge in [-0.05, 0) is 32.4 Å². The summed E-state index contributed by atoms with van der Waals surface area (Å²) in [5.41, 5.74) is 2.72. The maximum atomic E-state index is 11.9. The predicted molar refractivity (Wildman–Crippen MR) is 69.4 cm³/mol. The number of nitrogens with zero attached hydrogens (tertiary/aromatic N) is 1. The molecule has 18 heavy (non-hydrogen) atoms. The lowest BCUT2D eigenvalue weighted by Gasteiger charge is -2.30. The minimum atomic E-state index is -0.185. The molecule has 1 aromatic carbocycles. The number of benzene rings is 1. The van der Waals surface area contributed by atoms with Crippen molar-refractivity contribution in [1.82, 2.24) is 10.2 Å². The molecule has 0 radical (unpaired) electrons. The molecule has 2 rings (SSSR count). The summed E-state index contributed by atoms with van der Waals surface area (Å²) in [5, 5.41) is 2.67. The number of nitrogens with one attached hydrogen (secondary N) is 1. The summed E-state index contributed by atoms with van der Waals surface area (Å²) < 4.78 is 0. The Labute approximate surface area is 107 Å². The van der Waals surface area contributed by atoms with Crippen LogP contribution in [0.4, 0.5) is 0 Å². The Hall–Kier alpha value is -1.84. The van der Waals surface area contributed by atoms with Crippen LogP contribution in [-0.2, 0) is 4.79 Å². The van der Waals surface area contributed by atoms with E-state index in [-0.39, 0.29) is 18.4 Å². The van der Waals surface area contributed by atoms with E-state index in [0.29, 0.717) is 5.56 Å². The van der Waals surface area contributed by atoms with Crippen LogP contribution in [-0.4, -0.2) is 36.3 Å². The number of hydrogen-bond acceptors (Lipinski definition) is 2. The second kappa shape index (κ2) is 5.21. The highest BCUT2D eigenvalue weighted by Crippen LogP contribution is 2.09. The average Bonchev–Trinajstić information content (AvgIpc) is 2.22. The molecule has 4 nitrogen and oxygen atoms in total. The molecule has 1 aliphatic rings. The van der Waals surface area contributed by atoms with Crippen LogP contribution in [0.5, 0.6) is 0 Å². The molecule has 1 N–H and O–H groups in total. The van der Waals surface area contributed by atoms with Gasteiger partial charge in [0.15, 0.2) is 0 Å². The predicted octanol–water partition coefficient (Wildman–Crippen LogP) is 1.27. The van der Waals surface area contributed by atoms with Gasteiger partial charge in [-0.2, -0.15) is 0 Å². The maximum absolute atomic E-state index is 11.9. The van der Waals surface area contributed by atoms with Gasteiger partial charge < -0.3 is 10.2 Å². The monoisotopic (exact) mass is 246 g/mol. The van der Waals surface area contributed by atoms with Crippen LogP contribution < -0.4 is 5.32 Å². The molecule has 0 atom stereocenters. The fourth-order valence-electron chi connectivity index (χ4n) is 2.04. The molecular weight excluding hydrogens is 228 g/mol. The Balaban J connectivity index is 1.92. The first-order valence-corrected chi connectivity index (χ1v) is 6.20. The number of amides is 2. The van der Waals surface area contributed by atoms with Crippen molar-refractivity contribution in [3.63, 3.8) is 0 Å². The van der Waals surface area contributed by atoms with Crippen LogP contribution in [0.1, 0.15) is 27.9 Å². The van der Waals surface area contributed by atoms with Gasteiger partial charge in [0.1, 0.15) is 0 Å². The van der Waals surface area contributed by atoms with E-state index in [9.17, 15) is 9.59 Å². The Morgan fingerprint density at radius 1 is 1.17 bits per heavy atom. The Morgan fingerprint density at radius 2 is 1.78 bits per heavy atom. The third-order valence-corrected chi connectivity index (χ3v) is 3.09. The lowest BCUT2D eigenvalue weighted by molar-refractivity contribution is -0.133. The third-order valence-electron chi connectivity index (χ3n) is 3.09. The summed E-state index contributed by atoms with van der Waals surface area (Å²) in [4.78, 5) is 25.3. The largest absolute Gasteiger partial charge is 0.343 e. The van der Waals surface area contributed by atoms with Crippen LogP contribution in [0.3, 0.4) is 0 Å². The van der Waals surface area contributed by atoms with E-state index in [0.717, 1.165) is 30.6 Å². The zero-order valence-electron chi connectivity index (χ0n) is 10.8. The molecule has 1 heterocycles. The minimum absolute atomic E-state index is 0.000949. The van der Waals surface area contributed by atoms with Crippen molar-refractivity contribution in [2.45, 2.75) is 20.3 Å². The quantitative estimate of drug-likeness (QED) is 0.873. The number of hydrogen-bond donors (Lipinski definition) is 1. The summed E-state index contributed by atoms with van der Waals surface area (Å²) in [5.74, 6) is -0.186. The van der Waals surface area contributed by atoms with Gasteiger partial charge in [0.05, 0.1) is 6.54 Å². The third kappa shape index (κ3) is 2.88. The van der Waals surface area contributed by atoms with E-state index in [1.165, 1.54) is 0 Å². The molecule has 1 aliphatic heterocycles. The van der Waals surface area contributed by atoms with Crippen molar-refractivity contribution >= 4 is 11.8 Å². The lowest BCUT2D eigenvalue weighted by atomic mass is 10.1. The molecule has 4 heteroatoms. The molecule has 0 bridgehead atoms. The van der Waals surface area contributed by atoms with Gasteiger partial charge in [0.25, 0.3) is 5.91 Å². The maximum Gasteiger partial charge on any atom is 0.251 e. The number of carbonyl (C=O) groups excluding carboxylic acids is 2. The van der Waals surface area contributed by atoms with Crippen molar-refractivity contribution in [3.8, 4) is 0 Å². The van der Waals surface area contributed by atoms with Gasteiger partial charge in [0.2, 0.25) is 5.91 Å². The SMILES string of the molecule is Cc1cc(C)cc(C(=O)NCC(=O)N2CCC2)c1. The van der Waals surface area contributed by atoms with Crippen molar-refractivity contribution in [2.24, 2.45) is 0 Å². The molecule has 0 saturated carbocycles. The summed E-state index contributed by atoms with van der Waals surface area (Å²) in [6.45, 7) is 5.63. The Kier molecular flexibility index (Phi) is 3.65. The van der Waals surface area contributed by atoms with Gasteiger partial charge in [-0.1, -0.05) is 17.2 Å². The lowest BCUT2D eigenvalue weighted by Crippen LogP contribution is -2.47. The molecule has 1 aromatic rings. The number of likely N-dealkylation sites (tertiary alicyclic amines) is 1. The van der Waals surface area contributed by atoms with E-state index in [2.05, 4.69) is 5.32 Å². The Morgan fingerprint density at radius 3 is 2.28 bits per heavy atom. The van der Waals surface area contributed by atoms with E-state index < -0.39 is 0 Å². The van der Waals surface area contributed by atoms with Crippen LogP contribution in [0.15, 0.2) is 18.2 Å². The highest BCUT2D eigenvalue weighted by Gasteiger charge is 2.20. The first-order valence-electron chi connectivity index (χ1n) is 6.20. The first kappa shape index (κ1) is 12.6. The number of aryl methyl sites for hydroxylation is 2. The van der Waals surface area contributed by atoms with E-state index in [1.807, 2.05) is 32.0 Å². The Bertz CT molecular complexity index is 458. The second-order valence-electron chi connectivity index (χ2n) is 4.79. The summed E-state index contributed by atoms with van der Waals surface area (Å²) in [6.07, 6.45) is 1.07. The van der Waals surface area contributed by atoms with Crippen molar-refractivity contribution in [3.05, 3.63) is 34.9 Å². The van der Waals surface area contributed by atoms with Crippen LogP contribution in [0.25, 0.3) is 0 Å². The molecule has 2 amide bonds. The summed E-state index contributed by atoms with van der Waals surface area (Å²) in [7, 11) is 0. The fraction of sp³-hybridized carbons (Fsp3) is 0.429. The van der Waals surface area contributed by atoms with Crippen molar-refractivity contribution < 1.29 is 9.59 Å². The van der Waals surface area contributed by atoms with Gasteiger partial charge >= 0.3 is 0 Å². The van der Waals surface area contributed by atoms with Gasteiger partial charge in [0, 0.05) is 18.7 Å². The zero-order chi connectivity index (χ0) is 13.1. The molecular formula is C14H18N2O2. The molecule has 96 valence electrons. The molecule has 0 aliphatic carbocycles. The summed E-state index contributed by atoms with van der Waals surface area (Å²) in [6, 6.07) is 5.68. The zero-order valence-corrected chi connectivity index (χ0v) is 10.8. The topological polar surface area (TPSA) is 49.4 Å². The highest BCUT2D eigenvalue weighted by molar-refractivity contribution is 5.96. The first-order chi connectivity index (χ1) is 8.56. The van der Waals surface area contributed by atoms with Crippen LogP contribution in [0.2, 0.25) is 0 Å². The van der Waals surface area contributed by atoms with Gasteiger partial charge in [-0.15, -0.1) is 0 Å². The standard InChI is InChI=1S/C14H18N2O2/c1-10-6-11(2)8-12(7-10)14(18)15-9-13(17)16-4-3-5-16/h6-8H,3-5,9H2,1-2H3,(H,15,18). The van der Waals surface area contributed by atoms with E-state index >= 15 is 0 Å². The number of rotatable bonds is 3. The molecule has 1 saturated heterocycles. The van der Waals surface area contributed by atoms with Crippen LogP contribution >= 0.6 is 0 Å². The second-order valence-corrected chi connectivity index (χ2v) is 4.79. The molecule has 1 fully saturated rings. The smallest absolute Gasteiger partial charge is 0.251 e. The molecule has 0 aromatic heterocycles. The number of carbonyl (C=O) groups is 2. The fourth-order valence-corrected chi connectivity index (χ4v) is 2.04.